The number of anilines is 1. The molecule has 1 aliphatic rings. The van der Waals surface area contributed by atoms with Gasteiger partial charge in [-0.3, -0.25) is 9.00 Å². The number of alkyl halides is 3. The molecule has 150 valence electrons. The number of halogens is 3. The van der Waals surface area contributed by atoms with Crippen molar-refractivity contribution in [3.05, 3.63) is 29.8 Å². The molecule has 1 aromatic rings. The Kier molecular flexibility index (Phi) is 8.32. The minimum atomic E-state index is -4.35. The topological polar surface area (TPSA) is 92.7 Å². The zero-order valence-electron chi connectivity index (χ0n) is 15.1. The summed E-state index contributed by atoms with van der Waals surface area (Å²) in [5, 5.41) is 10.4. The van der Waals surface area contributed by atoms with Gasteiger partial charge in [0.15, 0.2) is 0 Å². The molecule has 0 aliphatic carbocycles. The van der Waals surface area contributed by atoms with Gasteiger partial charge in [-0.05, 0) is 43.5 Å². The summed E-state index contributed by atoms with van der Waals surface area (Å²) in [6, 6.07) is 5.80. The molecule has 0 aromatic heterocycles. The number of aliphatic hydroxyl groups is 1. The van der Waals surface area contributed by atoms with E-state index < -0.39 is 29.0 Å². The van der Waals surface area contributed by atoms with E-state index in [-0.39, 0.29) is 55.6 Å². The van der Waals surface area contributed by atoms with Crippen molar-refractivity contribution in [3.63, 3.8) is 0 Å². The van der Waals surface area contributed by atoms with Crippen molar-refractivity contribution in [2.24, 2.45) is 5.92 Å². The van der Waals surface area contributed by atoms with Crippen LogP contribution in [0.1, 0.15) is 36.5 Å². The van der Waals surface area contributed by atoms with Crippen LogP contribution in [-0.4, -0.2) is 66.9 Å². The molecule has 27 heavy (non-hydrogen) atoms. The fraction of sp³-hybridized carbons (Fsp3) is 0.562. The fourth-order valence-electron chi connectivity index (χ4n) is 2.98. The van der Waals surface area contributed by atoms with Crippen LogP contribution < -0.4 is 4.72 Å². The molecule has 0 spiro atoms. The van der Waals surface area contributed by atoms with Gasteiger partial charge >= 0.3 is 23.5 Å². The predicted molar refractivity (Wildman–Crippen MR) is 97.5 cm³/mol. The standard InChI is InChI=1S/C16H21F3N2O4S.Al.2H/c1-11(16(17,18)19)10-15(23)6-8-21(9-7-15)14(22)12-2-4-13(5-3-12)20-26(24)25;;;/h2-5,11,20,23H,6-10H2,1H3,(H,24,25);;;/q;+1;;/p-1. The van der Waals surface area contributed by atoms with Crippen molar-refractivity contribution in [1.29, 1.82) is 0 Å². The van der Waals surface area contributed by atoms with Crippen molar-refractivity contribution >= 4 is 40.2 Å². The van der Waals surface area contributed by atoms with Gasteiger partial charge < -0.3 is 19.3 Å². The first-order chi connectivity index (χ1) is 12.0. The van der Waals surface area contributed by atoms with Crippen molar-refractivity contribution < 1.29 is 31.8 Å². The van der Waals surface area contributed by atoms with E-state index in [0.717, 1.165) is 6.92 Å². The molecule has 2 unspecified atom stereocenters. The number of hydrogen-bond acceptors (Lipinski definition) is 4. The zero-order valence-corrected chi connectivity index (χ0v) is 17.9. The summed E-state index contributed by atoms with van der Waals surface area (Å²) in [5.74, 6) is -1.92. The molecule has 1 saturated heterocycles. The zero-order chi connectivity index (χ0) is 19.5. The number of amides is 1. The van der Waals surface area contributed by atoms with Gasteiger partial charge in [0, 0.05) is 35.6 Å². The molecular formula is C16H22AlF3N2O4S. The predicted octanol–water partition coefficient (Wildman–Crippen LogP) is 1.53. The van der Waals surface area contributed by atoms with E-state index >= 15 is 0 Å². The Balaban J connectivity index is 0.00000364. The molecule has 2 N–H and O–H groups in total. The van der Waals surface area contributed by atoms with Crippen LogP contribution in [0, 0.1) is 5.92 Å². The SMILES string of the molecule is CC(CC1(O)CCN(C(=O)c2ccc(NS(=O)[O-])cc2)CC1)C(F)(F)F.[AlH2+]. The Bertz CT molecular complexity index is 665. The summed E-state index contributed by atoms with van der Waals surface area (Å²) in [6.45, 7) is 1.36. The molecule has 1 aromatic carbocycles. The first-order valence-electron chi connectivity index (χ1n) is 8.04. The minimum absolute atomic E-state index is 0. The van der Waals surface area contributed by atoms with Gasteiger partial charge in [0.2, 0.25) is 0 Å². The number of rotatable bonds is 5. The van der Waals surface area contributed by atoms with Crippen LogP contribution in [0.2, 0.25) is 0 Å². The monoisotopic (exact) mass is 422 g/mol. The van der Waals surface area contributed by atoms with Crippen molar-refractivity contribution in [2.45, 2.75) is 38.0 Å². The number of benzene rings is 1. The average molecular weight is 422 g/mol. The Morgan fingerprint density at radius 2 is 1.85 bits per heavy atom. The molecule has 1 aliphatic heterocycles. The first kappa shape index (κ1) is 23.9. The van der Waals surface area contributed by atoms with Crippen molar-refractivity contribution in [3.8, 4) is 0 Å². The van der Waals surface area contributed by atoms with Gasteiger partial charge in [0.25, 0.3) is 5.91 Å². The van der Waals surface area contributed by atoms with Crippen LogP contribution in [0.25, 0.3) is 0 Å². The molecule has 2 atom stereocenters. The molecule has 1 fully saturated rings. The summed E-state index contributed by atoms with van der Waals surface area (Å²) in [4.78, 5) is 13.9. The average Bonchev–Trinajstić information content (AvgIpc) is 2.54. The van der Waals surface area contributed by atoms with Gasteiger partial charge in [-0.15, -0.1) is 0 Å². The van der Waals surface area contributed by atoms with Crippen LogP contribution in [0.4, 0.5) is 18.9 Å². The summed E-state index contributed by atoms with van der Waals surface area (Å²) in [5.41, 5.74) is -0.789. The second kappa shape index (κ2) is 9.39. The Hall–Kier alpha value is -1.12. The van der Waals surface area contributed by atoms with Crippen LogP contribution in [0.3, 0.4) is 0 Å². The van der Waals surface area contributed by atoms with E-state index in [1.54, 1.807) is 0 Å². The van der Waals surface area contributed by atoms with Crippen LogP contribution in [0.15, 0.2) is 24.3 Å². The molecule has 0 saturated carbocycles. The maximum absolute atomic E-state index is 12.7. The van der Waals surface area contributed by atoms with Crippen LogP contribution in [0.5, 0.6) is 0 Å². The van der Waals surface area contributed by atoms with E-state index in [1.165, 1.54) is 29.2 Å². The van der Waals surface area contributed by atoms with Gasteiger partial charge in [0.05, 0.1) is 11.5 Å². The maximum atomic E-state index is 12.7. The number of carbonyl (C=O) groups excluding carboxylic acids is 1. The third kappa shape index (κ3) is 6.77. The van der Waals surface area contributed by atoms with E-state index in [0.29, 0.717) is 11.3 Å². The van der Waals surface area contributed by atoms with Crippen LogP contribution >= 0.6 is 0 Å². The molecule has 1 heterocycles. The molecule has 11 heteroatoms. The van der Waals surface area contributed by atoms with Gasteiger partial charge in [0.1, 0.15) is 0 Å². The van der Waals surface area contributed by atoms with Gasteiger partial charge in [-0.1, -0.05) is 6.92 Å². The second-order valence-electron chi connectivity index (χ2n) is 6.58. The van der Waals surface area contributed by atoms with E-state index in [9.17, 15) is 31.8 Å². The quantitative estimate of drug-likeness (QED) is 0.556. The van der Waals surface area contributed by atoms with Crippen molar-refractivity contribution in [1.82, 2.24) is 4.90 Å². The summed E-state index contributed by atoms with van der Waals surface area (Å²) >= 11 is -2.46. The summed E-state index contributed by atoms with van der Waals surface area (Å²) in [7, 11) is 0. The van der Waals surface area contributed by atoms with E-state index in [1.807, 2.05) is 0 Å². The number of piperidine rings is 1. The van der Waals surface area contributed by atoms with E-state index in [4.69, 9.17) is 0 Å². The van der Waals surface area contributed by atoms with Gasteiger partial charge in [-0.2, -0.15) is 13.2 Å². The number of hydrogen-bond donors (Lipinski definition) is 2. The molecule has 0 bridgehead atoms. The third-order valence-corrected chi connectivity index (χ3v) is 4.96. The fourth-order valence-corrected chi connectivity index (χ4v) is 3.30. The molecule has 1 amide bonds. The number of carbonyl (C=O) groups is 1. The number of nitrogens with zero attached hydrogens (tertiary/aromatic N) is 1. The summed E-state index contributed by atoms with van der Waals surface area (Å²) < 4.78 is 61.3. The van der Waals surface area contributed by atoms with Crippen LogP contribution in [-0.2, 0) is 11.3 Å². The first-order valence-corrected chi connectivity index (χ1v) is 9.12. The summed E-state index contributed by atoms with van der Waals surface area (Å²) in [6.07, 6.45) is -4.58. The molecule has 0 radical (unpaired) electrons. The molecule has 2 rings (SSSR count). The Morgan fingerprint density at radius 1 is 1.33 bits per heavy atom. The Morgan fingerprint density at radius 3 is 2.30 bits per heavy atom. The Labute approximate surface area is 168 Å². The number of likely N-dealkylation sites (tertiary alicyclic amines) is 1. The van der Waals surface area contributed by atoms with Gasteiger partial charge in [-0.25, -0.2) is 0 Å². The molecular weight excluding hydrogens is 400 g/mol. The normalized spacial score (nSPS) is 19.0. The second-order valence-corrected chi connectivity index (χ2v) is 7.25. The van der Waals surface area contributed by atoms with Crippen molar-refractivity contribution in [2.75, 3.05) is 17.8 Å². The third-order valence-electron chi connectivity index (χ3n) is 4.56. The molecule has 6 nitrogen and oxygen atoms in total. The number of nitrogens with one attached hydrogen (secondary N) is 1. The van der Waals surface area contributed by atoms with E-state index in [2.05, 4.69) is 4.72 Å².